The van der Waals surface area contributed by atoms with Gasteiger partial charge in [-0.2, -0.15) is 0 Å². The van der Waals surface area contributed by atoms with Crippen molar-refractivity contribution in [1.82, 2.24) is 19.9 Å². The lowest BCUT2D eigenvalue weighted by atomic mass is 10.1. The maximum absolute atomic E-state index is 10.1. The number of hydrogen-bond acceptors (Lipinski definition) is 6. The molecule has 1 N–H and O–H groups in total. The number of anilines is 2. The van der Waals surface area contributed by atoms with E-state index < -0.39 is 0 Å². The molecule has 0 amide bonds. The Kier molecular flexibility index (Phi) is 5.20. The van der Waals surface area contributed by atoms with E-state index >= 15 is 0 Å². The summed E-state index contributed by atoms with van der Waals surface area (Å²) in [6, 6.07) is 19.0. The van der Waals surface area contributed by atoms with E-state index in [4.69, 9.17) is 4.98 Å². The van der Waals surface area contributed by atoms with Crippen LogP contribution in [0.25, 0.3) is 11.3 Å². The van der Waals surface area contributed by atoms with E-state index in [1.54, 1.807) is 24.7 Å². The van der Waals surface area contributed by atoms with E-state index in [0.717, 1.165) is 28.5 Å². The summed E-state index contributed by atoms with van der Waals surface area (Å²) in [5.74, 6) is 1.82. The van der Waals surface area contributed by atoms with Crippen molar-refractivity contribution < 1.29 is 5.11 Å². The number of aromatic nitrogens is 4. The van der Waals surface area contributed by atoms with E-state index in [0.29, 0.717) is 18.7 Å². The highest BCUT2D eigenvalue weighted by molar-refractivity contribution is 5.63. The summed E-state index contributed by atoms with van der Waals surface area (Å²) in [4.78, 5) is 19.4. The van der Waals surface area contributed by atoms with Crippen molar-refractivity contribution in [2.24, 2.45) is 0 Å². The van der Waals surface area contributed by atoms with Crippen LogP contribution >= 0.6 is 0 Å². The molecule has 28 heavy (non-hydrogen) atoms. The first-order chi connectivity index (χ1) is 13.8. The van der Waals surface area contributed by atoms with E-state index in [1.165, 1.54) is 6.33 Å². The zero-order chi connectivity index (χ0) is 19.2. The predicted molar refractivity (Wildman–Crippen MR) is 108 cm³/mol. The molecule has 4 rings (SSSR count). The number of phenols is 1. The van der Waals surface area contributed by atoms with Crippen molar-refractivity contribution in [3.8, 4) is 17.0 Å². The van der Waals surface area contributed by atoms with Gasteiger partial charge in [0.25, 0.3) is 0 Å². The molecule has 0 unspecified atom stereocenters. The van der Waals surface area contributed by atoms with Crippen molar-refractivity contribution in [2.45, 2.75) is 6.42 Å². The second kappa shape index (κ2) is 8.26. The zero-order valence-electron chi connectivity index (χ0n) is 15.2. The second-order valence-corrected chi connectivity index (χ2v) is 6.22. The average molecular weight is 369 g/mol. The highest BCUT2D eigenvalue weighted by Crippen LogP contribution is 2.26. The van der Waals surface area contributed by atoms with Crippen LogP contribution in [0.1, 0.15) is 5.56 Å². The quantitative estimate of drug-likeness (QED) is 0.553. The van der Waals surface area contributed by atoms with Crippen molar-refractivity contribution in [3.05, 3.63) is 91.1 Å². The Balaban J connectivity index is 1.67. The fraction of sp³-hybridized carbons (Fsp3) is 0.0909. The number of nitrogens with zero attached hydrogens (tertiary/aromatic N) is 5. The van der Waals surface area contributed by atoms with Gasteiger partial charge in [0.05, 0.1) is 5.69 Å². The maximum Gasteiger partial charge on any atom is 0.137 e. The number of benzene rings is 1. The number of phenolic OH excluding ortho intramolecular Hbond substituents is 1. The highest BCUT2D eigenvalue weighted by Gasteiger charge is 2.14. The smallest absolute Gasteiger partial charge is 0.137 e. The standard InChI is InChI=1S/C22H19N5O/c28-20-8-2-1-5-17(20)11-14-27(21-10-13-24-16-25-21)22-9-3-7-19(26-22)18-6-4-12-23-15-18/h1-10,12-13,15-16,28H,11,14H2. The monoisotopic (exact) mass is 369 g/mol. The second-order valence-electron chi connectivity index (χ2n) is 6.22. The van der Waals surface area contributed by atoms with Gasteiger partial charge in [-0.25, -0.2) is 15.0 Å². The summed E-state index contributed by atoms with van der Waals surface area (Å²) < 4.78 is 0. The van der Waals surface area contributed by atoms with Gasteiger partial charge in [0.2, 0.25) is 0 Å². The number of para-hydroxylation sites is 1. The average Bonchev–Trinajstić information content (AvgIpc) is 2.77. The van der Waals surface area contributed by atoms with E-state index in [1.807, 2.05) is 59.5 Å². The molecule has 138 valence electrons. The highest BCUT2D eigenvalue weighted by atomic mass is 16.3. The number of pyridine rings is 2. The molecule has 0 aliphatic heterocycles. The van der Waals surface area contributed by atoms with Gasteiger partial charge in [-0.3, -0.25) is 4.98 Å². The van der Waals surface area contributed by atoms with Crippen molar-refractivity contribution >= 4 is 11.6 Å². The Morgan fingerprint density at radius 1 is 0.821 bits per heavy atom. The summed E-state index contributed by atoms with van der Waals surface area (Å²) in [7, 11) is 0. The third kappa shape index (κ3) is 3.96. The molecule has 0 atom stereocenters. The Morgan fingerprint density at radius 2 is 1.75 bits per heavy atom. The molecule has 0 aliphatic rings. The third-order valence-corrected chi connectivity index (χ3v) is 4.41. The molecule has 0 saturated carbocycles. The van der Waals surface area contributed by atoms with Crippen LogP contribution in [0.2, 0.25) is 0 Å². The van der Waals surface area contributed by atoms with Crippen LogP contribution in [-0.2, 0) is 6.42 Å². The summed E-state index contributed by atoms with van der Waals surface area (Å²) in [6.45, 7) is 0.609. The van der Waals surface area contributed by atoms with Gasteiger partial charge in [-0.1, -0.05) is 24.3 Å². The van der Waals surface area contributed by atoms with Gasteiger partial charge in [0.1, 0.15) is 23.7 Å². The molecule has 0 saturated heterocycles. The van der Waals surface area contributed by atoms with Crippen LogP contribution < -0.4 is 4.90 Å². The Morgan fingerprint density at radius 3 is 2.54 bits per heavy atom. The van der Waals surface area contributed by atoms with Crippen molar-refractivity contribution in [1.29, 1.82) is 0 Å². The Bertz CT molecular complexity index is 1040. The van der Waals surface area contributed by atoms with Gasteiger partial charge in [-0.05, 0) is 48.4 Å². The molecular formula is C22H19N5O. The maximum atomic E-state index is 10.1. The van der Waals surface area contributed by atoms with Gasteiger partial charge >= 0.3 is 0 Å². The van der Waals surface area contributed by atoms with Gasteiger partial charge in [0.15, 0.2) is 0 Å². The normalized spacial score (nSPS) is 10.6. The first-order valence-electron chi connectivity index (χ1n) is 8.99. The molecule has 0 bridgehead atoms. The molecule has 0 fully saturated rings. The fourth-order valence-corrected chi connectivity index (χ4v) is 2.99. The molecule has 6 nitrogen and oxygen atoms in total. The van der Waals surface area contributed by atoms with Crippen LogP contribution in [0, 0.1) is 0 Å². The third-order valence-electron chi connectivity index (χ3n) is 4.41. The fourth-order valence-electron chi connectivity index (χ4n) is 2.99. The first-order valence-corrected chi connectivity index (χ1v) is 8.99. The zero-order valence-corrected chi connectivity index (χ0v) is 15.2. The molecule has 3 aromatic heterocycles. The molecule has 0 radical (unpaired) electrons. The minimum atomic E-state index is 0.294. The summed E-state index contributed by atoms with van der Waals surface area (Å²) >= 11 is 0. The summed E-state index contributed by atoms with van der Waals surface area (Å²) in [6.07, 6.45) is 7.42. The summed E-state index contributed by atoms with van der Waals surface area (Å²) in [5, 5.41) is 10.1. The number of aromatic hydroxyl groups is 1. The largest absolute Gasteiger partial charge is 0.508 e. The first kappa shape index (κ1) is 17.6. The lowest BCUT2D eigenvalue weighted by Crippen LogP contribution is -2.22. The van der Waals surface area contributed by atoms with Gasteiger partial charge in [-0.15, -0.1) is 0 Å². The molecule has 0 aliphatic carbocycles. The van der Waals surface area contributed by atoms with Gasteiger partial charge in [0, 0.05) is 30.7 Å². The summed E-state index contributed by atoms with van der Waals surface area (Å²) in [5.41, 5.74) is 2.67. The van der Waals surface area contributed by atoms with Crippen LogP contribution in [-0.4, -0.2) is 31.6 Å². The van der Waals surface area contributed by atoms with Crippen molar-refractivity contribution in [2.75, 3.05) is 11.4 Å². The Hall–Kier alpha value is -3.80. The molecule has 0 spiro atoms. The lowest BCUT2D eigenvalue weighted by molar-refractivity contribution is 0.468. The minimum absolute atomic E-state index is 0.294. The van der Waals surface area contributed by atoms with E-state index in [9.17, 15) is 5.11 Å². The van der Waals surface area contributed by atoms with E-state index in [2.05, 4.69) is 15.0 Å². The molecular weight excluding hydrogens is 350 g/mol. The van der Waals surface area contributed by atoms with Crippen molar-refractivity contribution in [3.63, 3.8) is 0 Å². The Labute approximate surface area is 163 Å². The van der Waals surface area contributed by atoms with Crippen LogP contribution in [0.15, 0.2) is 85.6 Å². The van der Waals surface area contributed by atoms with Gasteiger partial charge < -0.3 is 10.0 Å². The molecule has 1 aromatic carbocycles. The van der Waals surface area contributed by atoms with E-state index in [-0.39, 0.29) is 0 Å². The van der Waals surface area contributed by atoms with Crippen LogP contribution in [0.3, 0.4) is 0 Å². The molecule has 6 heteroatoms. The number of hydrogen-bond donors (Lipinski definition) is 1. The molecule has 3 heterocycles. The van der Waals surface area contributed by atoms with Crippen LogP contribution in [0.5, 0.6) is 5.75 Å². The number of rotatable bonds is 6. The lowest BCUT2D eigenvalue weighted by Gasteiger charge is -2.23. The van der Waals surface area contributed by atoms with Crippen LogP contribution in [0.4, 0.5) is 11.6 Å². The topological polar surface area (TPSA) is 75.0 Å². The molecule has 4 aromatic rings. The minimum Gasteiger partial charge on any atom is -0.508 e. The SMILES string of the molecule is Oc1ccccc1CCN(c1ccncn1)c1cccc(-c2cccnc2)n1. The predicted octanol–water partition coefficient (Wildman–Crippen LogP) is 4.02.